The summed E-state index contributed by atoms with van der Waals surface area (Å²) in [7, 11) is 1.49. The lowest BCUT2D eigenvalue weighted by Gasteiger charge is -2.33. The number of ether oxygens (including phenoxy) is 1. The van der Waals surface area contributed by atoms with Crippen LogP contribution in [-0.4, -0.2) is 62.1 Å². The first-order valence-electron chi connectivity index (χ1n) is 9.85. The number of nitrogens with zero attached hydrogens (tertiary/aromatic N) is 5. The predicted octanol–water partition coefficient (Wildman–Crippen LogP) is 2.22. The van der Waals surface area contributed by atoms with E-state index in [9.17, 15) is 14.3 Å². The number of aliphatic hydroxyl groups is 1. The van der Waals surface area contributed by atoms with Crippen LogP contribution in [0.2, 0.25) is 0 Å². The van der Waals surface area contributed by atoms with Gasteiger partial charge in [0, 0.05) is 30.1 Å². The molecule has 0 unspecified atom stereocenters. The first-order valence-corrected chi connectivity index (χ1v) is 9.85. The summed E-state index contributed by atoms with van der Waals surface area (Å²) in [4.78, 5) is 22.5. The van der Waals surface area contributed by atoms with Crippen LogP contribution in [0.5, 0.6) is 5.88 Å². The third-order valence-electron chi connectivity index (χ3n) is 5.00. The van der Waals surface area contributed by atoms with Crippen molar-refractivity contribution in [2.75, 3.05) is 18.6 Å². The van der Waals surface area contributed by atoms with Crippen molar-refractivity contribution in [2.45, 2.75) is 45.5 Å². The van der Waals surface area contributed by atoms with E-state index in [-0.39, 0.29) is 18.2 Å². The molecular formula is C21H27FN6O3. The number of primary amides is 1. The van der Waals surface area contributed by atoms with Crippen LogP contribution in [0.15, 0.2) is 30.6 Å². The molecule has 3 aromatic rings. The molecule has 0 fully saturated rings. The second-order valence-electron chi connectivity index (χ2n) is 8.08. The minimum absolute atomic E-state index is 0.119. The Labute approximate surface area is 179 Å². The van der Waals surface area contributed by atoms with E-state index < -0.39 is 17.7 Å². The molecule has 0 saturated heterocycles. The van der Waals surface area contributed by atoms with E-state index in [1.807, 2.05) is 13.8 Å². The minimum atomic E-state index is -1.55. The van der Waals surface area contributed by atoms with Gasteiger partial charge in [-0.05, 0) is 39.8 Å². The first-order chi connectivity index (χ1) is 14.5. The van der Waals surface area contributed by atoms with Crippen LogP contribution in [0.4, 0.5) is 10.2 Å². The van der Waals surface area contributed by atoms with Crippen molar-refractivity contribution in [3.8, 4) is 17.1 Å². The third kappa shape index (κ3) is 4.43. The van der Waals surface area contributed by atoms with E-state index in [1.54, 1.807) is 23.1 Å². The zero-order valence-corrected chi connectivity index (χ0v) is 18.2. The molecular weight excluding hydrogens is 403 g/mol. The van der Waals surface area contributed by atoms with E-state index >= 15 is 0 Å². The van der Waals surface area contributed by atoms with Crippen molar-refractivity contribution in [3.05, 3.63) is 36.2 Å². The van der Waals surface area contributed by atoms with Crippen LogP contribution in [-0.2, 0) is 0 Å². The number of imidazole rings is 1. The van der Waals surface area contributed by atoms with Gasteiger partial charge >= 0.3 is 0 Å². The average Bonchev–Trinajstić information content (AvgIpc) is 3.08. The Morgan fingerprint density at radius 3 is 2.65 bits per heavy atom. The molecule has 10 heteroatoms. The van der Waals surface area contributed by atoms with E-state index in [4.69, 9.17) is 10.5 Å². The summed E-state index contributed by atoms with van der Waals surface area (Å²) < 4.78 is 21.7. The van der Waals surface area contributed by atoms with Gasteiger partial charge in [0.05, 0.1) is 24.8 Å². The molecule has 166 valence electrons. The fourth-order valence-electron chi connectivity index (χ4n) is 3.18. The fourth-order valence-corrected chi connectivity index (χ4v) is 3.18. The second-order valence-corrected chi connectivity index (χ2v) is 8.08. The van der Waals surface area contributed by atoms with Crippen LogP contribution in [0, 0.1) is 0 Å². The number of hydrogen-bond donors (Lipinski definition) is 2. The number of pyridine rings is 1. The Kier molecular flexibility index (Phi) is 6.12. The number of aromatic nitrogens is 4. The number of halogens is 1. The van der Waals surface area contributed by atoms with Crippen LogP contribution in [0.1, 0.15) is 38.1 Å². The SMILES string of the molecule is COc1ccc2nc(N(C[C@@H](F)C(C)(C)O)C(C)C)c(-c3ccncc3C(N)=O)n2n1. The van der Waals surface area contributed by atoms with Gasteiger partial charge in [0.1, 0.15) is 11.9 Å². The number of fused-ring (bicyclic) bond motifs is 1. The van der Waals surface area contributed by atoms with Gasteiger partial charge in [-0.25, -0.2) is 13.9 Å². The average molecular weight is 430 g/mol. The van der Waals surface area contributed by atoms with Crippen molar-refractivity contribution in [2.24, 2.45) is 5.73 Å². The summed E-state index contributed by atoms with van der Waals surface area (Å²) in [5, 5.41) is 14.6. The molecule has 1 atom stereocenters. The zero-order valence-electron chi connectivity index (χ0n) is 18.2. The number of amides is 1. The summed E-state index contributed by atoms with van der Waals surface area (Å²) in [5.41, 5.74) is 5.60. The zero-order chi connectivity index (χ0) is 22.9. The standard InChI is InChI=1S/C21H27FN6O3/c1-12(2)27(11-15(22)21(3,4)30)20-18(13-8-9-24-10-14(13)19(23)29)28-16(25-20)6-7-17(26-28)31-5/h6-10,12,15,30H,11H2,1-5H3,(H2,23,29)/t15-/m1/s1. The molecule has 0 radical (unpaired) electrons. The van der Waals surface area contributed by atoms with Gasteiger partial charge in [-0.3, -0.25) is 9.78 Å². The van der Waals surface area contributed by atoms with E-state index in [2.05, 4.69) is 15.1 Å². The van der Waals surface area contributed by atoms with Gasteiger partial charge < -0.3 is 20.5 Å². The largest absolute Gasteiger partial charge is 0.480 e. The quantitative estimate of drug-likeness (QED) is 0.562. The maximum absolute atomic E-state index is 14.9. The predicted molar refractivity (Wildman–Crippen MR) is 115 cm³/mol. The van der Waals surface area contributed by atoms with Crippen molar-refractivity contribution in [1.29, 1.82) is 0 Å². The van der Waals surface area contributed by atoms with Crippen LogP contribution in [0.25, 0.3) is 16.9 Å². The smallest absolute Gasteiger partial charge is 0.250 e. The highest BCUT2D eigenvalue weighted by atomic mass is 19.1. The molecule has 0 aromatic carbocycles. The Morgan fingerprint density at radius 1 is 1.35 bits per heavy atom. The molecule has 3 rings (SSSR count). The molecule has 0 aliphatic carbocycles. The maximum atomic E-state index is 14.9. The number of carbonyl (C=O) groups is 1. The highest BCUT2D eigenvalue weighted by Crippen LogP contribution is 2.35. The second kappa shape index (κ2) is 8.46. The molecule has 3 heterocycles. The summed E-state index contributed by atoms with van der Waals surface area (Å²) in [6, 6.07) is 4.83. The summed E-state index contributed by atoms with van der Waals surface area (Å²) in [6.07, 6.45) is 1.35. The Morgan fingerprint density at radius 2 is 2.06 bits per heavy atom. The number of methoxy groups -OCH3 is 1. The van der Waals surface area contributed by atoms with Gasteiger partial charge in [0.25, 0.3) is 5.91 Å². The molecule has 0 bridgehead atoms. The molecule has 31 heavy (non-hydrogen) atoms. The lowest BCUT2D eigenvalue weighted by atomic mass is 10.0. The number of hydrogen-bond acceptors (Lipinski definition) is 7. The normalized spacial score (nSPS) is 12.9. The fraction of sp³-hybridized carbons (Fsp3) is 0.429. The van der Waals surface area contributed by atoms with Gasteiger partial charge in [-0.2, -0.15) is 0 Å². The number of carbonyl (C=O) groups excluding carboxylic acids is 1. The lowest BCUT2D eigenvalue weighted by molar-refractivity contribution is 0.0000672. The van der Waals surface area contributed by atoms with E-state index in [0.717, 1.165) is 0 Å². The van der Waals surface area contributed by atoms with Crippen molar-refractivity contribution in [1.82, 2.24) is 19.6 Å². The Hall–Kier alpha value is -3.27. The maximum Gasteiger partial charge on any atom is 0.250 e. The van der Waals surface area contributed by atoms with Gasteiger partial charge in [0.2, 0.25) is 5.88 Å². The number of rotatable bonds is 8. The monoisotopic (exact) mass is 430 g/mol. The molecule has 0 spiro atoms. The molecule has 0 aliphatic rings. The Bertz CT molecular complexity index is 1090. The first kappa shape index (κ1) is 22.4. The van der Waals surface area contributed by atoms with Gasteiger partial charge in [-0.1, -0.05) is 0 Å². The molecule has 0 saturated carbocycles. The van der Waals surface area contributed by atoms with Crippen LogP contribution in [0.3, 0.4) is 0 Å². The topological polar surface area (TPSA) is 119 Å². The van der Waals surface area contributed by atoms with Gasteiger partial charge in [0.15, 0.2) is 11.5 Å². The van der Waals surface area contributed by atoms with Crippen LogP contribution < -0.4 is 15.4 Å². The molecule has 3 aromatic heterocycles. The summed E-state index contributed by atoms with van der Waals surface area (Å²) >= 11 is 0. The molecule has 0 aliphatic heterocycles. The highest BCUT2D eigenvalue weighted by Gasteiger charge is 2.32. The van der Waals surface area contributed by atoms with Crippen molar-refractivity contribution in [3.63, 3.8) is 0 Å². The minimum Gasteiger partial charge on any atom is -0.480 e. The van der Waals surface area contributed by atoms with Crippen molar-refractivity contribution < 1.29 is 19.0 Å². The lowest BCUT2D eigenvalue weighted by Crippen LogP contribution is -2.45. The van der Waals surface area contributed by atoms with E-state index in [1.165, 1.54) is 37.9 Å². The van der Waals surface area contributed by atoms with Crippen molar-refractivity contribution >= 4 is 17.4 Å². The highest BCUT2D eigenvalue weighted by molar-refractivity contribution is 6.00. The molecule has 9 nitrogen and oxygen atoms in total. The Balaban J connectivity index is 2.31. The van der Waals surface area contributed by atoms with E-state index in [0.29, 0.717) is 28.6 Å². The number of alkyl halides is 1. The van der Waals surface area contributed by atoms with Gasteiger partial charge in [-0.15, -0.1) is 5.10 Å². The summed E-state index contributed by atoms with van der Waals surface area (Å²) in [5.74, 6) is 0.0718. The molecule has 3 N–H and O–H groups in total. The number of anilines is 1. The number of nitrogens with two attached hydrogens (primary N) is 1. The third-order valence-corrected chi connectivity index (χ3v) is 5.00. The molecule has 1 amide bonds. The summed E-state index contributed by atoms with van der Waals surface area (Å²) in [6.45, 7) is 6.50. The van der Waals surface area contributed by atoms with Crippen LogP contribution >= 0.6 is 0 Å².